The number of nitrogens with zero attached hydrogens (tertiary/aromatic N) is 3. The smallest absolute Gasteiger partial charge is 0.236 e. The molecule has 1 amide bonds. The van der Waals surface area contributed by atoms with Gasteiger partial charge in [-0.1, -0.05) is 12.1 Å². The number of thiophene rings is 1. The highest BCUT2D eigenvalue weighted by Gasteiger charge is 2.22. The molecule has 0 bridgehead atoms. The van der Waals surface area contributed by atoms with Crippen molar-refractivity contribution >= 4 is 17.2 Å². The van der Waals surface area contributed by atoms with Crippen molar-refractivity contribution < 1.29 is 13.9 Å². The number of ether oxygens (including phenoxy) is 1. The molecule has 146 valence electrons. The third kappa shape index (κ3) is 5.51. The normalized spacial score (nSPS) is 15.3. The van der Waals surface area contributed by atoms with Crippen LogP contribution in [0, 0.1) is 5.82 Å². The predicted octanol–water partition coefficient (Wildman–Crippen LogP) is 2.67. The van der Waals surface area contributed by atoms with Gasteiger partial charge in [-0.3, -0.25) is 14.6 Å². The SMILES string of the molecule is COc1ccc(CN(C)CC(=O)N2CCN(Cc3cccs3)CC2)cc1F. The van der Waals surface area contributed by atoms with Crippen LogP contribution in [-0.2, 0) is 17.9 Å². The summed E-state index contributed by atoms with van der Waals surface area (Å²) in [6, 6.07) is 9.13. The summed E-state index contributed by atoms with van der Waals surface area (Å²) >= 11 is 1.77. The van der Waals surface area contributed by atoms with Crippen LogP contribution in [0.3, 0.4) is 0 Å². The van der Waals surface area contributed by atoms with Gasteiger partial charge in [0.25, 0.3) is 0 Å². The first-order chi connectivity index (χ1) is 13.0. The highest BCUT2D eigenvalue weighted by atomic mass is 32.1. The zero-order valence-electron chi connectivity index (χ0n) is 15.9. The van der Waals surface area contributed by atoms with Gasteiger partial charge >= 0.3 is 0 Å². The van der Waals surface area contributed by atoms with Crippen molar-refractivity contribution in [3.05, 3.63) is 52.0 Å². The fourth-order valence-electron chi connectivity index (χ4n) is 3.29. The molecule has 3 rings (SSSR count). The van der Waals surface area contributed by atoms with Crippen LogP contribution in [0.5, 0.6) is 5.75 Å². The van der Waals surface area contributed by atoms with E-state index in [1.165, 1.54) is 18.1 Å². The summed E-state index contributed by atoms with van der Waals surface area (Å²) in [5, 5.41) is 2.10. The van der Waals surface area contributed by atoms with Gasteiger partial charge in [-0.25, -0.2) is 4.39 Å². The van der Waals surface area contributed by atoms with E-state index in [0.717, 1.165) is 38.3 Å². The van der Waals surface area contributed by atoms with Gasteiger partial charge in [0.15, 0.2) is 11.6 Å². The molecule has 0 saturated carbocycles. The topological polar surface area (TPSA) is 36.0 Å². The Kier molecular flexibility index (Phi) is 6.82. The number of piperazine rings is 1. The maximum atomic E-state index is 13.8. The molecule has 2 heterocycles. The fourth-order valence-corrected chi connectivity index (χ4v) is 4.03. The Hall–Kier alpha value is -1.96. The lowest BCUT2D eigenvalue weighted by Crippen LogP contribution is -2.50. The molecular formula is C20H26FN3O2S. The van der Waals surface area contributed by atoms with E-state index >= 15 is 0 Å². The lowest BCUT2D eigenvalue weighted by atomic mass is 10.2. The number of carbonyl (C=O) groups is 1. The van der Waals surface area contributed by atoms with Crippen LogP contribution < -0.4 is 4.74 Å². The number of methoxy groups -OCH3 is 1. The Balaban J connectivity index is 1.44. The average Bonchev–Trinajstić information content (AvgIpc) is 3.15. The molecule has 1 fully saturated rings. The van der Waals surface area contributed by atoms with Crippen LogP contribution in [0.2, 0.25) is 0 Å². The number of benzene rings is 1. The van der Waals surface area contributed by atoms with Gasteiger partial charge in [0.05, 0.1) is 13.7 Å². The molecule has 7 heteroatoms. The lowest BCUT2D eigenvalue weighted by molar-refractivity contribution is -0.134. The van der Waals surface area contributed by atoms with Gasteiger partial charge in [0.1, 0.15) is 0 Å². The molecule has 0 unspecified atom stereocenters. The van der Waals surface area contributed by atoms with Gasteiger partial charge in [-0.2, -0.15) is 0 Å². The summed E-state index contributed by atoms with van der Waals surface area (Å²) in [4.78, 5) is 20.2. The van der Waals surface area contributed by atoms with Gasteiger partial charge in [0.2, 0.25) is 5.91 Å². The number of carbonyl (C=O) groups excluding carboxylic acids is 1. The monoisotopic (exact) mass is 391 g/mol. The van der Waals surface area contributed by atoms with Crippen molar-refractivity contribution in [3.8, 4) is 5.75 Å². The molecule has 5 nitrogen and oxygen atoms in total. The second kappa shape index (κ2) is 9.30. The van der Waals surface area contributed by atoms with Gasteiger partial charge in [0, 0.05) is 44.1 Å². The van der Waals surface area contributed by atoms with E-state index < -0.39 is 0 Å². The van der Waals surface area contributed by atoms with Gasteiger partial charge in [-0.05, 0) is 36.2 Å². The quantitative estimate of drug-likeness (QED) is 0.727. The minimum atomic E-state index is -0.378. The van der Waals surface area contributed by atoms with Gasteiger partial charge < -0.3 is 9.64 Å². The highest BCUT2D eigenvalue weighted by Crippen LogP contribution is 2.18. The number of likely N-dealkylation sites (N-methyl/N-ethyl adjacent to an activating group) is 1. The van der Waals surface area contributed by atoms with Crippen LogP contribution in [0.15, 0.2) is 35.7 Å². The first-order valence-corrected chi connectivity index (χ1v) is 9.96. The third-order valence-corrected chi connectivity index (χ3v) is 5.62. The Morgan fingerprint density at radius 3 is 2.67 bits per heavy atom. The lowest BCUT2D eigenvalue weighted by Gasteiger charge is -2.35. The Morgan fingerprint density at radius 1 is 1.26 bits per heavy atom. The number of halogens is 1. The summed E-state index contributed by atoms with van der Waals surface area (Å²) in [7, 11) is 3.33. The van der Waals surface area contributed by atoms with Crippen molar-refractivity contribution in [3.63, 3.8) is 0 Å². The van der Waals surface area contributed by atoms with E-state index in [1.54, 1.807) is 17.4 Å². The second-order valence-corrected chi connectivity index (χ2v) is 7.91. The average molecular weight is 392 g/mol. The molecular weight excluding hydrogens is 365 g/mol. The molecule has 0 N–H and O–H groups in total. The van der Waals surface area contributed by atoms with E-state index in [-0.39, 0.29) is 17.5 Å². The van der Waals surface area contributed by atoms with E-state index in [1.807, 2.05) is 22.9 Å². The molecule has 1 aliphatic heterocycles. The van der Waals surface area contributed by atoms with Crippen LogP contribution in [-0.4, -0.2) is 67.5 Å². The van der Waals surface area contributed by atoms with E-state index in [2.05, 4.69) is 22.4 Å². The summed E-state index contributed by atoms with van der Waals surface area (Å²) in [6.07, 6.45) is 0. The van der Waals surface area contributed by atoms with E-state index in [0.29, 0.717) is 13.1 Å². The van der Waals surface area contributed by atoms with Crippen LogP contribution in [0.1, 0.15) is 10.4 Å². The van der Waals surface area contributed by atoms with Gasteiger partial charge in [-0.15, -0.1) is 11.3 Å². The number of hydrogen-bond acceptors (Lipinski definition) is 5. The molecule has 27 heavy (non-hydrogen) atoms. The van der Waals surface area contributed by atoms with E-state index in [4.69, 9.17) is 4.74 Å². The van der Waals surface area contributed by atoms with Crippen molar-refractivity contribution in [1.82, 2.24) is 14.7 Å². The minimum Gasteiger partial charge on any atom is -0.494 e. The van der Waals surface area contributed by atoms with E-state index in [9.17, 15) is 9.18 Å². The molecule has 0 radical (unpaired) electrons. The summed E-state index contributed by atoms with van der Waals surface area (Å²) < 4.78 is 18.7. The maximum absolute atomic E-state index is 13.8. The molecule has 0 spiro atoms. The predicted molar refractivity (Wildman–Crippen MR) is 105 cm³/mol. The summed E-state index contributed by atoms with van der Waals surface area (Å²) in [5.41, 5.74) is 0.823. The fraction of sp³-hybridized carbons (Fsp3) is 0.450. The van der Waals surface area contributed by atoms with Crippen LogP contribution >= 0.6 is 11.3 Å². The molecule has 1 saturated heterocycles. The molecule has 0 atom stereocenters. The van der Waals surface area contributed by atoms with Crippen LogP contribution in [0.4, 0.5) is 4.39 Å². The molecule has 1 aromatic carbocycles. The zero-order chi connectivity index (χ0) is 19.2. The number of hydrogen-bond donors (Lipinski definition) is 0. The first kappa shape index (κ1) is 19.8. The molecule has 1 aromatic heterocycles. The number of amides is 1. The zero-order valence-corrected chi connectivity index (χ0v) is 16.7. The molecule has 1 aliphatic rings. The molecule has 2 aromatic rings. The van der Waals surface area contributed by atoms with Crippen molar-refractivity contribution in [2.45, 2.75) is 13.1 Å². The first-order valence-electron chi connectivity index (χ1n) is 9.08. The summed E-state index contributed by atoms with van der Waals surface area (Å²) in [6.45, 7) is 5.13. The minimum absolute atomic E-state index is 0.127. The largest absolute Gasteiger partial charge is 0.494 e. The highest BCUT2D eigenvalue weighted by molar-refractivity contribution is 7.09. The standard InChI is InChI=1S/C20H26FN3O2S/c1-22(13-16-5-6-19(26-2)18(21)12-16)15-20(25)24-9-7-23(8-10-24)14-17-4-3-11-27-17/h3-6,11-12H,7-10,13-15H2,1-2H3. The Morgan fingerprint density at radius 2 is 2.04 bits per heavy atom. The Bertz CT molecular complexity index is 746. The molecule has 0 aliphatic carbocycles. The maximum Gasteiger partial charge on any atom is 0.236 e. The summed E-state index contributed by atoms with van der Waals surface area (Å²) in [5.74, 6) is -0.0169. The third-order valence-electron chi connectivity index (χ3n) is 4.76. The van der Waals surface area contributed by atoms with Crippen molar-refractivity contribution in [1.29, 1.82) is 0 Å². The van der Waals surface area contributed by atoms with Crippen molar-refractivity contribution in [2.24, 2.45) is 0 Å². The van der Waals surface area contributed by atoms with Crippen molar-refractivity contribution in [2.75, 3.05) is 46.9 Å². The second-order valence-electron chi connectivity index (χ2n) is 6.88. The van der Waals surface area contributed by atoms with Crippen LogP contribution in [0.25, 0.3) is 0 Å². The Labute approximate surface area is 163 Å². The number of rotatable bonds is 7.